The van der Waals surface area contributed by atoms with E-state index in [0.29, 0.717) is 0 Å². The highest BCUT2D eigenvalue weighted by Crippen LogP contribution is 2.13. The maximum absolute atomic E-state index is 11.7. The van der Waals surface area contributed by atoms with Crippen molar-refractivity contribution in [1.82, 2.24) is 0 Å². The van der Waals surface area contributed by atoms with E-state index in [1.54, 1.807) is 0 Å². The third-order valence-corrected chi connectivity index (χ3v) is 4.55. The molecule has 0 aromatic rings. The normalized spacial score (nSPS) is 15.1. The molecule has 0 saturated carbocycles. The first-order valence-electron chi connectivity index (χ1n) is 10.4. The Labute approximate surface area is 176 Å². The number of aliphatic hydroxyl groups excluding tert-OH is 3. The van der Waals surface area contributed by atoms with Crippen LogP contribution in [0.15, 0.2) is 46.6 Å². The molecule has 29 heavy (non-hydrogen) atoms. The van der Waals surface area contributed by atoms with Gasteiger partial charge in [0.05, 0.1) is 6.61 Å². The van der Waals surface area contributed by atoms with Gasteiger partial charge in [-0.1, -0.05) is 40.5 Å². The van der Waals surface area contributed by atoms with Crippen LogP contribution < -0.4 is 0 Å². The van der Waals surface area contributed by atoms with Gasteiger partial charge in [0.15, 0.2) is 0 Å². The number of rotatable bonds is 14. The van der Waals surface area contributed by atoms with Crippen molar-refractivity contribution < 1.29 is 24.9 Å². The molecule has 0 aliphatic heterocycles. The van der Waals surface area contributed by atoms with E-state index in [9.17, 15) is 15.0 Å². The van der Waals surface area contributed by atoms with Gasteiger partial charge >= 0.3 is 5.97 Å². The Kier molecular flexibility index (Phi) is 15.2. The van der Waals surface area contributed by atoms with Crippen molar-refractivity contribution in [2.75, 3.05) is 13.2 Å². The van der Waals surface area contributed by atoms with Crippen molar-refractivity contribution in [3.05, 3.63) is 46.6 Å². The van der Waals surface area contributed by atoms with Crippen LogP contribution in [-0.2, 0) is 9.53 Å². The van der Waals surface area contributed by atoms with E-state index in [-0.39, 0.29) is 6.61 Å². The zero-order chi connectivity index (χ0) is 22.2. The molecule has 0 aliphatic carbocycles. The van der Waals surface area contributed by atoms with E-state index in [2.05, 4.69) is 45.9 Å². The van der Waals surface area contributed by atoms with Crippen LogP contribution in [-0.4, -0.2) is 46.7 Å². The number of allylic oxidation sites excluding steroid dienone is 7. The first kappa shape index (κ1) is 27.3. The Balaban J connectivity index is 4.17. The van der Waals surface area contributed by atoms with Gasteiger partial charge in [0.2, 0.25) is 0 Å². The molecule has 0 bridgehead atoms. The van der Waals surface area contributed by atoms with E-state index in [4.69, 9.17) is 9.84 Å². The van der Waals surface area contributed by atoms with Crippen molar-refractivity contribution >= 4 is 5.97 Å². The lowest BCUT2D eigenvalue weighted by Crippen LogP contribution is -2.33. The smallest absolute Gasteiger partial charge is 0.330 e. The second kappa shape index (κ2) is 16.1. The van der Waals surface area contributed by atoms with Crippen molar-refractivity contribution in [3.63, 3.8) is 0 Å². The SMILES string of the molecule is CC(C)=CCC/C(C)=C/CC/C(C)=C/CCC(C)=CC(=O)OCC(O)C(O)CO. The second-order valence-corrected chi connectivity index (χ2v) is 7.94. The number of ether oxygens (including phenoxy) is 1. The molecule has 3 N–H and O–H groups in total. The average Bonchev–Trinajstić information content (AvgIpc) is 2.65. The number of carbonyl (C=O) groups is 1. The lowest BCUT2D eigenvalue weighted by atomic mass is 10.0. The molecule has 0 heterocycles. The van der Waals surface area contributed by atoms with Gasteiger partial charge in [-0.25, -0.2) is 4.79 Å². The molecule has 2 unspecified atom stereocenters. The maximum Gasteiger partial charge on any atom is 0.330 e. The first-order valence-corrected chi connectivity index (χ1v) is 10.4. The number of esters is 1. The number of carbonyl (C=O) groups excluding carboxylic acids is 1. The Morgan fingerprint density at radius 1 is 0.793 bits per heavy atom. The third-order valence-electron chi connectivity index (χ3n) is 4.55. The van der Waals surface area contributed by atoms with E-state index >= 15 is 0 Å². The van der Waals surface area contributed by atoms with Crippen LogP contribution in [0.1, 0.15) is 73.1 Å². The minimum atomic E-state index is -1.31. The highest BCUT2D eigenvalue weighted by atomic mass is 16.5. The van der Waals surface area contributed by atoms with Gasteiger partial charge in [-0.3, -0.25) is 0 Å². The summed E-state index contributed by atoms with van der Waals surface area (Å²) < 4.78 is 4.88. The maximum atomic E-state index is 11.7. The van der Waals surface area contributed by atoms with Crippen LogP contribution in [0.25, 0.3) is 0 Å². The third kappa shape index (κ3) is 15.9. The zero-order valence-corrected chi connectivity index (χ0v) is 18.8. The molecule has 5 heteroatoms. The van der Waals surface area contributed by atoms with E-state index in [1.807, 2.05) is 6.92 Å². The van der Waals surface area contributed by atoms with E-state index in [0.717, 1.165) is 44.1 Å². The molecular weight excluding hydrogens is 368 g/mol. The van der Waals surface area contributed by atoms with Gasteiger partial charge in [-0.2, -0.15) is 0 Å². The van der Waals surface area contributed by atoms with Gasteiger partial charge < -0.3 is 20.1 Å². The van der Waals surface area contributed by atoms with Crippen LogP contribution in [0.4, 0.5) is 0 Å². The molecule has 0 rings (SSSR count). The van der Waals surface area contributed by atoms with Gasteiger partial charge in [0.1, 0.15) is 18.8 Å². The monoisotopic (exact) mass is 408 g/mol. The summed E-state index contributed by atoms with van der Waals surface area (Å²) in [6.45, 7) is 9.52. The predicted octanol–water partition coefficient (Wildman–Crippen LogP) is 4.39. The summed E-state index contributed by atoms with van der Waals surface area (Å²) in [6, 6.07) is 0. The van der Waals surface area contributed by atoms with Crippen LogP contribution in [0.2, 0.25) is 0 Å². The molecule has 0 spiro atoms. The fourth-order valence-corrected chi connectivity index (χ4v) is 2.60. The molecular formula is C24H40O5. The predicted molar refractivity (Wildman–Crippen MR) is 118 cm³/mol. The standard InChI is InChI=1S/C24H40O5/c1-18(2)9-6-10-19(3)11-7-12-20(4)13-8-14-21(5)15-24(28)29-17-23(27)22(26)16-25/h9,11,13,15,22-23,25-27H,6-8,10,12,14,16-17H2,1-5H3/b19-11+,20-13+,21-15?. The van der Waals surface area contributed by atoms with Gasteiger partial charge in [-0.05, 0) is 73.1 Å². The highest BCUT2D eigenvalue weighted by Gasteiger charge is 2.16. The molecule has 0 aromatic heterocycles. The van der Waals surface area contributed by atoms with Gasteiger partial charge in [0, 0.05) is 6.08 Å². The van der Waals surface area contributed by atoms with E-state index in [1.165, 1.54) is 22.8 Å². The largest absolute Gasteiger partial charge is 0.460 e. The summed E-state index contributed by atoms with van der Waals surface area (Å²) in [5, 5.41) is 27.4. The van der Waals surface area contributed by atoms with Crippen LogP contribution in [0.5, 0.6) is 0 Å². The van der Waals surface area contributed by atoms with Gasteiger partial charge in [0.25, 0.3) is 0 Å². The quantitative estimate of drug-likeness (QED) is 0.225. The summed E-state index contributed by atoms with van der Waals surface area (Å²) in [7, 11) is 0. The number of hydrogen-bond donors (Lipinski definition) is 3. The van der Waals surface area contributed by atoms with Crippen LogP contribution in [0, 0.1) is 0 Å². The first-order chi connectivity index (χ1) is 13.6. The minimum absolute atomic E-state index is 0.343. The van der Waals surface area contributed by atoms with Crippen LogP contribution in [0.3, 0.4) is 0 Å². The molecule has 2 atom stereocenters. The molecule has 5 nitrogen and oxygen atoms in total. The Morgan fingerprint density at radius 3 is 1.76 bits per heavy atom. The molecule has 0 aromatic carbocycles. The summed E-state index contributed by atoms with van der Waals surface area (Å²) in [5.41, 5.74) is 5.04. The van der Waals surface area contributed by atoms with Crippen molar-refractivity contribution in [1.29, 1.82) is 0 Å². The summed E-state index contributed by atoms with van der Waals surface area (Å²) in [5.74, 6) is -0.555. The molecule has 0 amide bonds. The molecule has 0 radical (unpaired) electrons. The zero-order valence-electron chi connectivity index (χ0n) is 18.8. The minimum Gasteiger partial charge on any atom is -0.460 e. The number of hydrogen-bond acceptors (Lipinski definition) is 5. The van der Waals surface area contributed by atoms with Crippen molar-refractivity contribution in [3.8, 4) is 0 Å². The molecule has 166 valence electrons. The molecule has 0 saturated heterocycles. The Morgan fingerprint density at radius 2 is 1.28 bits per heavy atom. The fraction of sp³-hybridized carbons (Fsp3) is 0.625. The summed E-state index contributed by atoms with van der Waals surface area (Å²) in [6.07, 6.45) is 11.5. The van der Waals surface area contributed by atoms with E-state index < -0.39 is 24.8 Å². The van der Waals surface area contributed by atoms with Crippen molar-refractivity contribution in [2.24, 2.45) is 0 Å². The average molecular weight is 409 g/mol. The fourth-order valence-electron chi connectivity index (χ4n) is 2.60. The number of aliphatic hydroxyl groups is 3. The summed E-state index contributed by atoms with van der Waals surface area (Å²) in [4.78, 5) is 11.7. The lowest BCUT2D eigenvalue weighted by Gasteiger charge is -2.14. The Bertz CT molecular complexity index is 594. The topological polar surface area (TPSA) is 87.0 Å². The van der Waals surface area contributed by atoms with Gasteiger partial charge in [-0.15, -0.1) is 0 Å². The van der Waals surface area contributed by atoms with Crippen molar-refractivity contribution in [2.45, 2.75) is 85.4 Å². The van der Waals surface area contributed by atoms with Crippen LogP contribution >= 0.6 is 0 Å². The lowest BCUT2D eigenvalue weighted by molar-refractivity contribution is -0.143. The summed E-state index contributed by atoms with van der Waals surface area (Å²) >= 11 is 0. The molecule has 0 aliphatic rings. The highest BCUT2D eigenvalue weighted by molar-refractivity contribution is 5.82. The second-order valence-electron chi connectivity index (χ2n) is 7.94. The Hall–Kier alpha value is -1.69. The molecule has 0 fully saturated rings.